The van der Waals surface area contributed by atoms with E-state index < -0.39 is 36.1 Å². The average molecular weight is 285 g/mol. The predicted octanol–water partition coefficient (Wildman–Crippen LogP) is -0.197. The van der Waals surface area contributed by atoms with E-state index in [2.05, 4.69) is 0 Å². The van der Waals surface area contributed by atoms with E-state index in [1.807, 2.05) is 0 Å². The summed E-state index contributed by atoms with van der Waals surface area (Å²) in [6.07, 6.45) is -3.90. The molecule has 1 saturated heterocycles. The van der Waals surface area contributed by atoms with E-state index in [9.17, 15) is 20.3 Å². The smallest absolute Gasteiger partial charge is 0.269 e. The summed E-state index contributed by atoms with van der Waals surface area (Å²) in [5.74, 6) is 0.324. The van der Waals surface area contributed by atoms with Crippen LogP contribution >= 0.6 is 0 Å². The fourth-order valence-electron chi connectivity index (χ4n) is 2.01. The molecular formula is C12H15NO7. The molecule has 0 spiro atoms. The van der Waals surface area contributed by atoms with Gasteiger partial charge in [-0.1, -0.05) is 0 Å². The Morgan fingerprint density at radius 1 is 1.35 bits per heavy atom. The van der Waals surface area contributed by atoms with Crippen LogP contribution in [0.3, 0.4) is 0 Å². The molecule has 1 fully saturated rings. The molecule has 0 amide bonds. The van der Waals surface area contributed by atoms with Gasteiger partial charge in [0.15, 0.2) is 6.29 Å². The molecule has 0 aromatic heterocycles. The topological polar surface area (TPSA) is 122 Å². The van der Waals surface area contributed by atoms with E-state index in [-0.39, 0.29) is 12.1 Å². The largest absolute Gasteiger partial charge is 0.487 e. The number of aliphatic hydroxyl groups is 3. The number of nitro groups is 1. The molecule has 8 heteroatoms. The van der Waals surface area contributed by atoms with E-state index in [1.54, 1.807) is 0 Å². The van der Waals surface area contributed by atoms with Crippen LogP contribution in [0.2, 0.25) is 0 Å². The van der Waals surface area contributed by atoms with Crippen LogP contribution in [0.4, 0.5) is 5.69 Å². The molecule has 1 aliphatic rings. The Labute approximate surface area is 114 Å². The Balaban J connectivity index is 2.06. The van der Waals surface area contributed by atoms with Crippen LogP contribution in [0.1, 0.15) is 6.42 Å². The van der Waals surface area contributed by atoms with Gasteiger partial charge in [0.2, 0.25) is 0 Å². The highest BCUT2D eigenvalue weighted by atomic mass is 16.6. The van der Waals surface area contributed by atoms with E-state index in [0.29, 0.717) is 5.75 Å². The van der Waals surface area contributed by atoms with Crippen molar-refractivity contribution in [1.29, 1.82) is 0 Å². The molecule has 20 heavy (non-hydrogen) atoms. The van der Waals surface area contributed by atoms with Crippen molar-refractivity contribution in [2.75, 3.05) is 6.61 Å². The van der Waals surface area contributed by atoms with Crippen molar-refractivity contribution in [2.45, 2.75) is 31.0 Å². The van der Waals surface area contributed by atoms with Crippen molar-refractivity contribution in [3.8, 4) is 5.75 Å². The number of hydrogen-bond donors (Lipinski definition) is 3. The van der Waals surface area contributed by atoms with Gasteiger partial charge in [-0.05, 0) is 12.1 Å². The second kappa shape index (κ2) is 6.14. The van der Waals surface area contributed by atoms with Crippen LogP contribution in [-0.4, -0.2) is 51.5 Å². The molecule has 0 unspecified atom stereocenters. The highest BCUT2D eigenvalue weighted by molar-refractivity contribution is 5.36. The van der Waals surface area contributed by atoms with E-state index in [0.717, 1.165) is 0 Å². The van der Waals surface area contributed by atoms with Gasteiger partial charge in [0.25, 0.3) is 5.69 Å². The van der Waals surface area contributed by atoms with Gasteiger partial charge >= 0.3 is 0 Å². The minimum atomic E-state index is -1.14. The van der Waals surface area contributed by atoms with Crippen LogP contribution in [-0.2, 0) is 4.74 Å². The SMILES string of the molecule is O=[N+]([O-])c1ccc(O[C@H]2C[C@H](O)O[C@H](CO)[C@@H]2O)cc1. The minimum absolute atomic E-state index is 0.0364. The highest BCUT2D eigenvalue weighted by Gasteiger charge is 2.38. The molecule has 3 N–H and O–H groups in total. The van der Waals surface area contributed by atoms with Crippen LogP contribution < -0.4 is 4.74 Å². The Morgan fingerprint density at radius 3 is 2.55 bits per heavy atom. The third-order valence-corrected chi connectivity index (χ3v) is 3.04. The molecule has 0 radical (unpaired) electrons. The summed E-state index contributed by atoms with van der Waals surface area (Å²) in [6.45, 7) is -0.446. The lowest BCUT2D eigenvalue weighted by Gasteiger charge is -2.36. The van der Waals surface area contributed by atoms with Gasteiger partial charge in [0.05, 0.1) is 11.5 Å². The summed E-state index contributed by atoms with van der Waals surface area (Å²) >= 11 is 0. The molecule has 0 bridgehead atoms. The zero-order valence-corrected chi connectivity index (χ0v) is 10.5. The van der Waals surface area contributed by atoms with Crippen molar-refractivity contribution in [1.82, 2.24) is 0 Å². The van der Waals surface area contributed by atoms with Crippen LogP contribution in [0.25, 0.3) is 0 Å². The van der Waals surface area contributed by atoms with E-state index >= 15 is 0 Å². The summed E-state index contributed by atoms with van der Waals surface area (Å²) in [6, 6.07) is 5.36. The first kappa shape index (κ1) is 14.7. The summed E-state index contributed by atoms with van der Waals surface area (Å²) < 4.78 is 10.4. The van der Waals surface area contributed by atoms with Gasteiger partial charge in [-0.25, -0.2) is 0 Å². The first-order chi connectivity index (χ1) is 9.51. The van der Waals surface area contributed by atoms with Crippen LogP contribution in [0.5, 0.6) is 5.75 Å². The fraction of sp³-hybridized carbons (Fsp3) is 0.500. The number of benzene rings is 1. The monoisotopic (exact) mass is 285 g/mol. The second-order valence-electron chi connectivity index (χ2n) is 4.45. The molecular weight excluding hydrogens is 270 g/mol. The van der Waals surface area contributed by atoms with Crippen LogP contribution in [0.15, 0.2) is 24.3 Å². The lowest BCUT2D eigenvalue weighted by molar-refractivity contribution is -0.384. The Morgan fingerprint density at radius 2 is 2.00 bits per heavy atom. The van der Waals surface area contributed by atoms with Gasteiger partial charge in [-0.3, -0.25) is 10.1 Å². The molecule has 1 aliphatic heterocycles. The number of hydrogen-bond acceptors (Lipinski definition) is 7. The number of aliphatic hydroxyl groups excluding tert-OH is 3. The van der Waals surface area contributed by atoms with Crippen molar-refractivity contribution in [3.05, 3.63) is 34.4 Å². The minimum Gasteiger partial charge on any atom is -0.487 e. The Bertz CT molecular complexity index is 463. The maximum Gasteiger partial charge on any atom is 0.269 e. The van der Waals surface area contributed by atoms with Crippen molar-refractivity contribution < 1.29 is 29.7 Å². The molecule has 1 aromatic carbocycles. The highest BCUT2D eigenvalue weighted by Crippen LogP contribution is 2.25. The van der Waals surface area contributed by atoms with Crippen molar-refractivity contribution in [3.63, 3.8) is 0 Å². The quantitative estimate of drug-likeness (QED) is 0.517. The number of rotatable bonds is 4. The van der Waals surface area contributed by atoms with Gasteiger partial charge in [-0.15, -0.1) is 0 Å². The third-order valence-electron chi connectivity index (χ3n) is 3.04. The van der Waals surface area contributed by atoms with Gasteiger partial charge < -0.3 is 24.8 Å². The normalized spacial score (nSPS) is 29.9. The number of nitrogens with zero attached hydrogens (tertiary/aromatic N) is 1. The molecule has 8 nitrogen and oxygen atoms in total. The van der Waals surface area contributed by atoms with Gasteiger partial charge in [-0.2, -0.15) is 0 Å². The maximum absolute atomic E-state index is 10.5. The summed E-state index contributed by atoms with van der Waals surface area (Å²) in [5.41, 5.74) is -0.0712. The number of nitro benzene ring substituents is 1. The Hall–Kier alpha value is -1.74. The molecule has 1 aromatic rings. The first-order valence-corrected chi connectivity index (χ1v) is 6.05. The van der Waals surface area contributed by atoms with E-state index in [4.69, 9.17) is 14.6 Å². The Kier molecular flexibility index (Phi) is 4.50. The predicted molar refractivity (Wildman–Crippen MR) is 66.1 cm³/mol. The van der Waals surface area contributed by atoms with Gasteiger partial charge in [0.1, 0.15) is 24.1 Å². The maximum atomic E-state index is 10.5. The summed E-state index contributed by atoms with van der Waals surface area (Å²) in [5, 5.41) is 39.0. The zero-order chi connectivity index (χ0) is 14.7. The zero-order valence-electron chi connectivity index (χ0n) is 10.5. The van der Waals surface area contributed by atoms with Crippen molar-refractivity contribution in [2.24, 2.45) is 0 Å². The standard InChI is InChI=1S/C12H15NO7/c14-6-10-12(16)9(5-11(15)20-10)19-8-3-1-7(2-4-8)13(17)18/h1-4,9-12,14-16H,5-6H2/t9-,10+,11+,12+/m0/s1. The van der Waals surface area contributed by atoms with Gasteiger partial charge in [0, 0.05) is 18.6 Å². The summed E-state index contributed by atoms with van der Waals surface area (Å²) in [7, 11) is 0. The average Bonchev–Trinajstić information content (AvgIpc) is 2.43. The first-order valence-electron chi connectivity index (χ1n) is 6.05. The number of non-ortho nitro benzene ring substituents is 1. The summed E-state index contributed by atoms with van der Waals surface area (Å²) in [4.78, 5) is 10.00. The number of ether oxygens (including phenoxy) is 2. The molecule has 2 rings (SSSR count). The molecule has 110 valence electrons. The molecule has 0 saturated carbocycles. The molecule has 4 atom stereocenters. The van der Waals surface area contributed by atoms with Crippen LogP contribution in [0, 0.1) is 10.1 Å². The molecule has 0 aliphatic carbocycles. The lowest BCUT2D eigenvalue weighted by Crippen LogP contribution is -2.52. The van der Waals surface area contributed by atoms with E-state index in [1.165, 1.54) is 24.3 Å². The second-order valence-corrected chi connectivity index (χ2v) is 4.45. The lowest BCUT2D eigenvalue weighted by atomic mass is 10.0. The van der Waals surface area contributed by atoms with Crippen molar-refractivity contribution >= 4 is 5.69 Å². The molecule has 1 heterocycles. The fourth-order valence-corrected chi connectivity index (χ4v) is 2.01. The third kappa shape index (κ3) is 3.23.